The minimum atomic E-state index is -5.11. The monoisotopic (exact) mass is 755 g/mol. The van der Waals surface area contributed by atoms with Gasteiger partial charge in [0, 0.05) is 18.8 Å². The maximum atomic E-state index is 15.2. The van der Waals surface area contributed by atoms with Gasteiger partial charge in [-0.3, -0.25) is 0 Å². The molecular formula is C31H28F3N3O8S4. The van der Waals surface area contributed by atoms with E-state index in [0.29, 0.717) is 0 Å². The standard InChI is InChI=1S/C31H28F3N3O8S4/c1-46(38,39)24-12-4-20(5-13-24)28-29(31(32,33)34)36-37(23-10-18-26(19-11-23)48(3,42)43)30(28,21-6-14-25(15-7-21)47(2,40)41)22-8-16-27(17-9-22)49(35,44)45/h4-19,28H,1-3H3,(H2,35,44,45). The third-order valence-corrected chi connectivity index (χ3v) is 12.3. The second-order valence-electron chi connectivity index (χ2n) is 11.5. The van der Waals surface area contributed by atoms with Gasteiger partial charge in [-0.25, -0.2) is 43.8 Å². The minimum Gasteiger partial charge on any atom is -0.249 e. The summed E-state index contributed by atoms with van der Waals surface area (Å²) in [6.07, 6.45) is -2.27. The highest BCUT2D eigenvalue weighted by atomic mass is 32.2. The lowest BCUT2D eigenvalue weighted by Gasteiger charge is -2.43. The molecule has 0 radical (unpaired) electrons. The van der Waals surface area contributed by atoms with E-state index in [9.17, 15) is 33.7 Å². The van der Waals surface area contributed by atoms with Crippen molar-refractivity contribution < 1.29 is 46.8 Å². The van der Waals surface area contributed by atoms with Crippen LogP contribution >= 0.6 is 0 Å². The lowest BCUT2D eigenvalue weighted by atomic mass is 9.68. The molecule has 0 aromatic heterocycles. The van der Waals surface area contributed by atoms with Crippen LogP contribution in [0.5, 0.6) is 0 Å². The number of nitrogens with zero attached hydrogens (tertiary/aromatic N) is 2. The van der Waals surface area contributed by atoms with Crippen molar-refractivity contribution in [2.24, 2.45) is 10.2 Å². The Morgan fingerprint density at radius 3 is 1.29 bits per heavy atom. The molecule has 4 aromatic rings. The van der Waals surface area contributed by atoms with Crippen LogP contribution in [0.3, 0.4) is 0 Å². The molecule has 0 saturated carbocycles. The zero-order valence-electron chi connectivity index (χ0n) is 25.8. The van der Waals surface area contributed by atoms with Gasteiger partial charge in [0.25, 0.3) is 0 Å². The number of anilines is 1. The lowest BCUT2D eigenvalue weighted by molar-refractivity contribution is -0.0612. The van der Waals surface area contributed by atoms with Gasteiger partial charge < -0.3 is 0 Å². The van der Waals surface area contributed by atoms with Crippen molar-refractivity contribution in [1.29, 1.82) is 0 Å². The van der Waals surface area contributed by atoms with Crippen LogP contribution in [0.4, 0.5) is 18.9 Å². The van der Waals surface area contributed by atoms with Crippen molar-refractivity contribution in [1.82, 2.24) is 0 Å². The minimum absolute atomic E-state index is 0.0212. The highest BCUT2D eigenvalue weighted by Crippen LogP contribution is 2.56. The molecule has 1 heterocycles. The summed E-state index contributed by atoms with van der Waals surface area (Å²) in [5, 5.41) is 10.4. The van der Waals surface area contributed by atoms with E-state index in [4.69, 9.17) is 5.14 Å². The zero-order valence-corrected chi connectivity index (χ0v) is 29.1. The van der Waals surface area contributed by atoms with Crippen LogP contribution in [0.15, 0.2) is 122 Å². The van der Waals surface area contributed by atoms with E-state index >= 15 is 13.2 Å². The van der Waals surface area contributed by atoms with Crippen molar-refractivity contribution in [2.75, 3.05) is 23.8 Å². The number of sulfonamides is 1. The summed E-state index contributed by atoms with van der Waals surface area (Å²) in [4.78, 5) is -0.812. The summed E-state index contributed by atoms with van der Waals surface area (Å²) in [6, 6.07) is 19.2. The highest BCUT2D eigenvalue weighted by molar-refractivity contribution is 7.91. The second kappa shape index (κ2) is 12.0. The Morgan fingerprint density at radius 1 is 0.592 bits per heavy atom. The van der Waals surface area contributed by atoms with E-state index in [-0.39, 0.29) is 42.0 Å². The molecule has 2 N–H and O–H groups in total. The van der Waals surface area contributed by atoms with Gasteiger partial charge in [0.15, 0.2) is 35.2 Å². The Balaban J connectivity index is 1.95. The Labute approximate surface area is 281 Å². The molecule has 0 saturated heterocycles. The van der Waals surface area contributed by atoms with Gasteiger partial charge in [-0.1, -0.05) is 36.4 Å². The predicted molar refractivity (Wildman–Crippen MR) is 176 cm³/mol. The number of hydrogen-bond donors (Lipinski definition) is 1. The second-order valence-corrected chi connectivity index (χ2v) is 19.1. The molecule has 49 heavy (non-hydrogen) atoms. The fourth-order valence-electron chi connectivity index (χ4n) is 5.79. The number of rotatable bonds is 8. The fourth-order valence-corrected chi connectivity index (χ4v) is 8.19. The number of alkyl halides is 3. The lowest BCUT2D eigenvalue weighted by Crippen LogP contribution is -2.47. The molecule has 260 valence electrons. The normalized spacial score (nSPS) is 19.1. The molecule has 4 aromatic carbocycles. The first-order valence-electron chi connectivity index (χ1n) is 13.9. The van der Waals surface area contributed by atoms with Crippen molar-refractivity contribution in [2.45, 2.75) is 37.2 Å². The topological polar surface area (TPSA) is 178 Å². The van der Waals surface area contributed by atoms with Gasteiger partial charge in [-0.2, -0.15) is 18.3 Å². The van der Waals surface area contributed by atoms with E-state index in [1.54, 1.807) is 0 Å². The first-order valence-corrected chi connectivity index (χ1v) is 21.2. The van der Waals surface area contributed by atoms with Crippen LogP contribution in [-0.4, -0.2) is 64.3 Å². The molecule has 5 rings (SSSR count). The summed E-state index contributed by atoms with van der Waals surface area (Å²) in [6.45, 7) is 0. The first-order chi connectivity index (χ1) is 22.4. The van der Waals surface area contributed by atoms with Crippen LogP contribution < -0.4 is 10.1 Å². The molecule has 0 spiro atoms. The number of hydrazone groups is 1. The number of benzene rings is 4. The number of sulfone groups is 3. The maximum Gasteiger partial charge on any atom is 0.431 e. The predicted octanol–water partition coefficient (Wildman–Crippen LogP) is 4.01. The Bertz CT molecular complexity index is 2320. The van der Waals surface area contributed by atoms with Gasteiger partial charge in [0.05, 0.1) is 31.2 Å². The first kappa shape index (κ1) is 36.2. The van der Waals surface area contributed by atoms with Crippen LogP contribution in [-0.2, 0) is 45.1 Å². The third-order valence-electron chi connectivity index (χ3n) is 8.02. The van der Waals surface area contributed by atoms with Crippen molar-refractivity contribution >= 4 is 50.9 Å². The Kier molecular flexibility index (Phi) is 8.90. The molecular weight excluding hydrogens is 728 g/mol. The number of halogens is 3. The van der Waals surface area contributed by atoms with Crippen molar-refractivity contribution in [3.63, 3.8) is 0 Å². The molecule has 11 nitrogen and oxygen atoms in total. The third kappa shape index (κ3) is 6.87. The summed E-state index contributed by atoms with van der Waals surface area (Å²) in [7, 11) is -15.5. The molecule has 2 atom stereocenters. The van der Waals surface area contributed by atoms with Crippen LogP contribution in [0, 0.1) is 0 Å². The summed E-state index contributed by atoms with van der Waals surface area (Å²) < 4.78 is 144. The van der Waals surface area contributed by atoms with Crippen molar-refractivity contribution in [3.8, 4) is 0 Å². The Hall–Kier alpha value is -4.10. The molecule has 0 bridgehead atoms. The number of primary sulfonamides is 1. The molecule has 0 fully saturated rings. The van der Waals surface area contributed by atoms with E-state index in [1.165, 1.54) is 72.8 Å². The van der Waals surface area contributed by atoms with Crippen LogP contribution in [0.2, 0.25) is 0 Å². The van der Waals surface area contributed by atoms with E-state index in [1.807, 2.05) is 0 Å². The summed E-state index contributed by atoms with van der Waals surface area (Å²) in [5.74, 6) is -1.81. The van der Waals surface area contributed by atoms with Gasteiger partial charge >= 0.3 is 6.18 Å². The quantitative estimate of drug-likeness (QED) is 0.278. The van der Waals surface area contributed by atoms with E-state index < -0.39 is 62.9 Å². The largest absolute Gasteiger partial charge is 0.431 e. The molecule has 1 aliphatic rings. The number of hydrogen-bond acceptors (Lipinski definition) is 10. The van der Waals surface area contributed by atoms with Gasteiger partial charge in [-0.15, -0.1) is 0 Å². The summed E-state index contributed by atoms with van der Waals surface area (Å²) >= 11 is 0. The average molecular weight is 756 g/mol. The van der Waals surface area contributed by atoms with E-state index in [0.717, 1.165) is 48.0 Å². The average Bonchev–Trinajstić information content (AvgIpc) is 3.37. The molecule has 0 amide bonds. The van der Waals surface area contributed by atoms with Crippen LogP contribution in [0.25, 0.3) is 0 Å². The SMILES string of the molecule is CS(=O)(=O)c1ccc(C2C(C(F)(F)F)=NN(c3ccc(S(C)(=O)=O)cc3)C2(c2ccc(S(C)(=O)=O)cc2)c2ccc(S(N)(=O)=O)cc2)cc1. The highest BCUT2D eigenvalue weighted by Gasteiger charge is 2.61. The zero-order chi connectivity index (χ0) is 36.4. The van der Waals surface area contributed by atoms with E-state index in [2.05, 4.69) is 5.10 Å². The fraction of sp³-hybridized carbons (Fsp3) is 0.194. The smallest absolute Gasteiger partial charge is 0.249 e. The summed E-state index contributed by atoms with van der Waals surface area (Å²) in [5.41, 5.74) is -3.39. The van der Waals surface area contributed by atoms with Crippen molar-refractivity contribution in [3.05, 3.63) is 114 Å². The van der Waals surface area contributed by atoms with Crippen LogP contribution in [0.1, 0.15) is 22.6 Å². The Morgan fingerprint density at radius 2 is 0.939 bits per heavy atom. The maximum absolute atomic E-state index is 15.2. The number of nitrogens with two attached hydrogens (primary N) is 1. The van der Waals surface area contributed by atoms with Gasteiger partial charge in [-0.05, 0) is 77.4 Å². The molecule has 18 heteroatoms. The van der Waals surface area contributed by atoms with Gasteiger partial charge in [0.2, 0.25) is 10.0 Å². The molecule has 1 aliphatic heterocycles. The molecule has 2 unspecified atom stereocenters. The van der Waals surface area contributed by atoms with Gasteiger partial charge in [0.1, 0.15) is 5.54 Å². The molecule has 0 aliphatic carbocycles.